The molecule has 1 N–H and O–H groups in total. The third-order valence-corrected chi connectivity index (χ3v) is 4.18. The van der Waals surface area contributed by atoms with E-state index in [1.54, 1.807) is 0 Å². The van der Waals surface area contributed by atoms with Crippen molar-refractivity contribution >= 4 is 0 Å². The van der Waals surface area contributed by atoms with E-state index < -0.39 is 0 Å². The predicted octanol–water partition coefficient (Wildman–Crippen LogP) is 2.77. The molecule has 114 valence electrons. The summed E-state index contributed by atoms with van der Waals surface area (Å²) < 4.78 is 8.08. The number of aryl methyl sites for hydroxylation is 1. The van der Waals surface area contributed by atoms with Crippen LogP contribution in [0, 0.1) is 0 Å². The van der Waals surface area contributed by atoms with Crippen LogP contribution in [-0.2, 0) is 17.7 Å². The molecule has 0 aliphatic carbocycles. The third kappa shape index (κ3) is 4.60. The number of imidazole rings is 1. The second-order valence-corrected chi connectivity index (χ2v) is 5.65. The molecule has 0 aromatic carbocycles. The molecule has 1 aromatic rings. The fourth-order valence-corrected chi connectivity index (χ4v) is 3.03. The van der Waals surface area contributed by atoms with Gasteiger partial charge in [-0.25, -0.2) is 4.98 Å². The van der Waals surface area contributed by atoms with Gasteiger partial charge in [0.2, 0.25) is 0 Å². The lowest BCUT2D eigenvalue weighted by Crippen LogP contribution is -2.33. The maximum atomic E-state index is 5.84. The first-order valence-corrected chi connectivity index (χ1v) is 8.18. The van der Waals surface area contributed by atoms with E-state index in [-0.39, 0.29) is 0 Å². The fourth-order valence-electron chi connectivity index (χ4n) is 3.03. The molecule has 0 amide bonds. The Morgan fingerprint density at radius 2 is 2.35 bits per heavy atom. The Morgan fingerprint density at radius 3 is 3.05 bits per heavy atom. The first-order valence-electron chi connectivity index (χ1n) is 8.18. The molecule has 0 bridgehead atoms. The molecule has 1 aliphatic rings. The lowest BCUT2D eigenvalue weighted by atomic mass is 10.00. The van der Waals surface area contributed by atoms with Crippen molar-refractivity contribution < 1.29 is 4.74 Å². The van der Waals surface area contributed by atoms with Crippen LogP contribution in [0.1, 0.15) is 51.8 Å². The van der Waals surface area contributed by atoms with Crippen LogP contribution < -0.4 is 5.32 Å². The van der Waals surface area contributed by atoms with E-state index in [2.05, 4.69) is 34.9 Å². The highest BCUT2D eigenvalue weighted by Gasteiger charge is 2.17. The number of likely N-dealkylation sites (N-methyl/N-ethyl adjacent to an activating group) is 1. The summed E-state index contributed by atoms with van der Waals surface area (Å²) in [7, 11) is 0. The van der Waals surface area contributed by atoms with Gasteiger partial charge in [-0.05, 0) is 45.6 Å². The van der Waals surface area contributed by atoms with E-state index in [1.165, 1.54) is 37.9 Å². The van der Waals surface area contributed by atoms with Crippen LogP contribution in [0.15, 0.2) is 12.4 Å². The van der Waals surface area contributed by atoms with Crippen LogP contribution in [0.3, 0.4) is 0 Å². The average molecular weight is 279 g/mol. The van der Waals surface area contributed by atoms with Crippen molar-refractivity contribution in [3.8, 4) is 0 Å². The summed E-state index contributed by atoms with van der Waals surface area (Å²) in [6.07, 6.45) is 11.6. The average Bonchev–Trinajstić information content (AvgIpc) is 2.93. The molecule has 1 saturated heterocycles. The van der Waals surface area contributed by atoms with Crippen LogP contribution in [0.25, 0.3) is 0 Å². The number of nitrogens with zero attached hydrogens (tertiary/aromatic N) is 2. The lowest BCUT2D eigenvalue weighted by Gasteiger charge is -2.25. The molecule has 2 unspecified atom stereocenters. The molecule has 2 atom stereocenters. The monoisotopic (exact) mass is 279 g/mol. The molecule has 4 nitrogen and oxygen atoms in total. The largest absolute Gasteiger partial charge is 0.378 e. The highest BCUT2D eigenvalue weighted by Crippen LogP contribution is 2.18. The van der Waals surface area contributed by atoms with Gasteiger partial charge in [-0.15, -0.1) is 0 Å². The third-order valence-electron chi connectivity index (χ3n) is 4.18. The Hall–Kier alpha value is -0.870. The van der Waals surface area contributed by atoms with Crippen molar-refractivity contribution in [2.45, 2.75) is 71.1 Å². The van der Waals surface area contributed by atoms with Gasteiger partial charge in [-0.1, -0.05) is 6.92 Å². The van der Waals surface area contributed by atoms with Gasteiger partial charge in [0.25, 0.3) is 0 Å². The Balaban J connectivity index is 1.83. The highest BCUT2D eigenvalue weighted by atomic mass is 16.5. The molecular formula is C16H29N3O. The summed E-state index contributed by atoms with van der Waals surface area (Å²) >= 11 is 0. The zero-order valence-electron chi connectivity index (χ0n) is 13.0. The van der Waals surface area contributed by atoms with Crippen molar-refractivity contribution in [1.82, 2.24) is 14.9 Å². The predicted molar refractivity (Wildman–Crippen MR) is 81.9 cm³/mol. The molecule has 1 aromatic heterocycles. The molecular weight excluding hydrogens is 250 g/mol. The highest BCUT2D eigenvalue weighted by molar-refractivity contribution is 4.95. The summed E-state index contributed by atoms with van der Waals surface area (Å²) in [4.78, 5) is 4.50. The van der Waals surface area contributed by atoms with E-state index >= 15 is 0 Å². The number of rotatable bonds is 8. The Kier molecular flexibility index (Phi) is 6.54. The molecule has 4 heteroatoms. The van der Waals surface area contributed by atoms with Crippen molar-refractivity contribution in [1.29, 1.82) is 0 Å². The molecule has 2 heterocycles. The van der Waals surface area contributed by atoms with Crippen LogP contribution in [-0.4, -0.2) is 34.8 Å². The summed E-state index contributed by atoms with van der Waals surface area (Å²) in [5, 5.41) is 3.60. The number of hydrogen-bond acceptors (Lipinski definition) is 3. The van der Waals surface area contributed by atoms with Gasteiger partial charge in [-0.2, -0.15) is 0 Å². The van der Waals surface area contributed by atoms with Gasteiger partial charge in [0.15, 0.2) is 0 Å². The molecule has 0 saturated carbocycles. The van der Waals surface area contributed by atoms with E-state index in [0.717, 1.165) is 26.1 Å². The second kappa shape index (κ2) is 8.42. The summed E-state index contributed by atoms with van der Waals surface area (Å²) in [5.41, 5.74) is 0. The maximum absolute atomic E-state index is 5.84. The van der Waals surface area contributed by atoms with Gasteiger partial charge in [0.1, 0.15) is 5.82 Å². The minimum absolute atomic E-state index is 0.482. The van der Waals surface area contributed by atoms with E-state index in [4.69, 9.17) is 4.74 Å². The minimum atomic E-state index is 0.482. The quantitative estimate of drug-likeness (QED) is 0.795. The number of aromatic nitrogens is 2. The van der Waals surface area contributed by atoms with Crippen LogP contribution >= 0.6 is 0 Å². The van der Waals surface area contributed by atoms with Crippen LogP contribution in [0.5, 0.6) is 0 Å². The Bertz CT molecular complexity index is 372. The van der Waals surface area contributed by atoms with Gasteiger partial charge in [-0.3, -0.25) is 0 Å². The van der Waals surface area contributed by atoms with Crippen molar-refractivity contribution in [3.05, 3.63) is 18.2 Å². The Labute approximate surface area is 122 Å². The summed E-state index contributed by atoms with van der Waals surface area (Å²) in [5.74, 6) is 1.20. The molecule has 1 fully saturated rings. The number of hydrogen-bond donors (Lipinski definition) is 1. The number of nitrogens with one attached hydrogen (secondary N) is 1. The zero-order valence-corrected chi connectivity index (χ0v) is 13.0. The standard InChI is InChI=1S/C16H29N3O/c1-3-17-14(8-9-15-7-5-6-12-20-15)13-16-18-10-11-19(16)4-2/h10-11,14-15,17H,3-9,12-13H2,1-2H3. The molecule has 0 radical (unpaired) electrons. The first-order chi connectivity index (χ1) is 9.83. The first kappa shape index (κ1) is 15.5. The van der Waals surface area contributed by atoms with E-state index in [0.29, 0.717) is 12.1 Å². The smallest absolute Gasteiger partial charge is 0.110 e. The van der Waals surface area contributed by atoms with Gasteiger partial charge in [0.05, 0.1) is 6.10 Å². The van der Waals surface area contributed by atoms with Crippen LogP contribution in [0.2, 0.25) is 0 Å². The van der Waals surface area contributed by atoms with Gasteiger partial charge < -0.3 is 14.6 Å². The maximum Gasteiger partial charge on any atom is 0.110 e. The van der Waals surface area contributed by atoms with Crippen molar-refractivity contribution in [2.75, 3.05) is 13.2 Å². The summed E-state index contributed by atoms with van der Waals surface area (Å²) in [6, 6.07) is 0.512. The van der Waals surface area contributed by atoms with Gasteiger partial charge in [0, 0.05) is 38.0 Å². The molecule has 0 spiro atoms. The zero-order chi connectivity index (χ0) is 14.2. The topological polar surface area (TPSA) is 39.1 Å². The van der Waals surface area contributed by atoms with Crippen molar-refractivity contribution in [3.63, 3.8) is 0 Å². The van der Waals surface area contributed by atoms with E-state index in [1.807, 2.05) is 6.20 Å². The summed E-state index contributed by atoms with van der Waals surface area (Å²) in [6.45, 7) is 7.32. The number of ether oxygens (including phenoxy) is 1. The second-order valence-electron chi connectivity index (χ2n) is 5.65. The lowest BCUT2D eigenvalue weighted by molar-refractivity contribution is 0.00856. The normalized spacial score (nSPS) is 21.0. The van der Waals surface area contributed by atoms with E-state index in [9.17, 15) is 0 Å². The minimum Gasteiger partial charge on any atom is -0.378 e. The van der Waals surface area contributed by atoms with Gasteiger partial charge >= 0.3 is 0 Å². The molecule has 1 aliphatic heterocycles. The van der Waals surface area contributed by atoms with Crippen molar-refractivity contribution in [2.24, 2.45) is 0 Å². The van der Waals surface area contributed by atoms with Crippen LogP contribution in [0.4, 0.5) is 0 Å². The molecule has 2 rings (SSSR count). The SMILES string of the molecule is CCNC(CCC1CCCCO1)Cc1nccn1CC. The fraction of sp³-hybridized carbons (Fsp3) is 0.812. The molecule has 20 heavy (non-hydrogen) atoms. The Morgan fingerprint density at radius 1 is 1.45 bits per heavy atom.